The molecule has 2 aromatic rings. The molecule has 0 spiro atoms. The molecule has 0 atom stereocenters. The van der Waals surface area contributed by atoms with Crippen LogP contribution in [0.25, 0.3) is 6.08 Å². The van der Waals surface area contributed by atoms with Crippen LogP contribution in [-0.4, -0.2) is 12.6 Å². The highest BCUT2D eigenvalue weighted by Gasteiger charge is 2.05. The normalized spacial score (nSPS) is 9.36. The number of nitriles is 2. The number of rotatable bonds is 7. The maximum atomic E-state index is 11.8. The Balaban J connectivity index is 1.76. The number of hydrogen-bond acceptors (Lipinski definition) is 5. The second-order valence-corrected chi connectivity index (χ2v) is 5.09. The third-order valence-electron chi connectivity index (χ3n) is 3.20. The van der Waals surface area contributed by atoms with E-state index in [4.69, 9.17) is 20.0 Å². The summed E-state index contributed by atoms with van der Waals surface area (Å²) in [5, 5.41) is 17.4. The molecule has 0 aliphatic carbocycles. The van der Waals surface area contributed by atoms with Gasteiger partial charge in [0.15, 0.2) is 0 Å². The number of benzene rings is 2. The average molecular weight is 332 g/mol. The third kappa shape index (κ3) is 6.21. The lowest BCUT2D eigenvalue weighted by molar-refractivity contribution is -0.134. The lowest BCUT2D eigenvalue weighted by atomic mass is 10.1. The van der Waals surface area contributed by atoms with Gasteiger partial charge >= 0.3 is 5.97 Å². The van der Waals surface area contributed by atoms with Crippen molar-refractivity contribution in [3.8, 4) is 23.6 Å². The summed E-state index contributed by atoms with van der Waals surface area (Å²) in [6, 6.07) is 19.6. The molecule has 5 heteroatoms. The molecule has 0 fully saturated rings. The van der Waals surface area contributed by atoms with E-state index in [2.05, 4.69) is 0 Å². The molecule has 25 heavy (non-hydrogen) atoms. The Morgan fingerprint density at radius 1 is 0.960 bits per heavy atom. The van der Waals surface area contributed by atoms with Gasteiger partial charge in [-0.25, -0.2) is 0 Å². The Morgan fingerprint density at radius 2 is 1.64 bits per heavy atom. The van der Waals surface area contributed by atoms with Crippen LogP contribution in [0.3, 0.4) is 0 Å². The quantitative estimate of drug-likeness (QED) is 0.332. The summed E-state index contributed by atoms with van der Waals surface area (Å²) < 4.78 is 10.7. The van der Waals surface area contributed by atoms with Crippen molar-refractivity contribution >= 4 is 12.0 Å². The van der Waals surface area contributed by atoms with E-state index in [9.17, 15) is 4.79 Å². The molecule has 0 radical (unpaired) electrons. The second kappa shape index (κ2) is 9.54. The Kier molecular flexibility index (Phi) is 6.79. The zero-order valence-electron chi connectivity index (χ0n) is 13.5. The van der Waals surface area contributed by atoms with Gasteiger partial charge in [0.2, 0.25) is 0 Å². The maximum Gasteiger partial charge on any atom is 0.311 e. The summed E-state index contributed by atoms with van der Waals surface area (Å²) >= 11 is 0. The molecule has 0 aromatic heterocycles. The summed E-state index contributed by atoms with van der Waals surface area (Å²) in [5.74, 6) is 0.852. The number of hydrogen-bond donors (Lipinski definition) is 0. The molecular weight excluding hydrogens is 316 g/mol. The van der Waals surface area contributed by atoms with Crippen LogP contribution in [0.2, 0.25) is 0 Å². The van der Waals surface area contributed by atoms with Crippen molar-refractivity contribution in [3.05, 3.63) is 65.7 Å². The van der Waals surface area contributed by atoms with E-state index in [0.717, 1.165) is 5.75 Å². The smallest absolute Gasteiger partial charge is 0.311 e. The molecule has 0 unspecified atom stereocenters. The molecule has 0 aliphatic heterocycles. The first-order chi connectivity index (χ1) is 12.2. The van der Waals surface area contributed by atoms with Crippen LogP contribution < -0.4 is 9.47 Å². The van der Waals surface area contributed by atoms with Crippen molar-refractivity contribution in [2.24, 2.45) is 0 Å². The van der Waals surface area contributed by atoms with Crippen LogP contribution in [-0.2, 0) is 4.79 Å². The summed E-state index contributed by atoms with van der Waals surface area (Å²) in [7, 11) is 0. The van der Waals surface area contributed by atoms with E-state index in [-0.39, 0.29) is 18.0 Å². The predicted octanol–water partition coefficient (Wildman–Crippen LogP) is 3.88. The maximum absolute atomic E-state index is 11.8. The van der Waals surface area contributed by atoms with E-state index in [0.29, 0.717) is 24.3 Å². The Hall–Kier alpha value is -3.57. The molecule has 0 amide bonds. The van der Waals surface area contributed by atoms with Crippen LogP contribution in [0.15, 0.2) is 60.2 Å². The minimum absolute atomic E-state index is 0.0168. The largest absolute Gasteiger partial charge is 0.494 e. The highest BCUT2D eigenvalue weighted by molar-refractivity contribution is 5.72. The van der Waals surface area contributed by atoms with E-state index >= 15 is 0 Å². The summed E-state index contributed by atoms with van der Waals surface area (Å²) in [6.07, 6.45) is 2.27. The highest BCUT2D eigenvalue weighted by Crippen LogP contribution is 2.15. The standard InChI is InChI=1S/C20H16N2O3/c21-14-17(15-22)13-16-8-10-19(11-9-16)25-20(23)7-4-12-24-18-5-2-1-3-6-18/h1-3,5-6,8-11,13H,4,7,12H2. The highest BCUT2D eigenvalue weighted by atomic mass is 16.5. The third-order valence-corrected chi connectivity index (χ3v) is 3.20. The van der Waals surface area contributed by atoms with Crippen LogP contribution in [0.5, 0.6) is 11.5 Å². The summed E-state index contributed by atoms with van der Waals surface area (Å²) in [4.78, 5) is 11.8. The Morgan fingerprint density at radius 3 is 2.28 bits per heavy atom. The molecule has 0 N–H and O–H groups in total. The summed E-state index contributed by atoms with van der Waals surface area (Å²) in [5.41, 5.74) is 0.706. The van der Waals surface area contributed by atoms with Gasteiger partial charge in [-0.2, -0.15) is 10.5 Å². The Labute approximate surface area is 146 Å². The molecule has 0 saturated heterocycles. The fourth-order valence-electron chi connectivity index (χ4n) is 1.99. The van der Waals surface area contributed by atoms with Gasteiger partial charge in [-0.1, -0.05) is 30.3 Å². The molecule has 0 bridgehead atoms. The van der Waals surface area contributed by atoms with E-state index in [1.54, 1.807) is 36.4 Å². The molecule has 0 aliphatic rings. The van der Waals surface area contributed by atoms with Crippen molar-refractivity contribution in [1.29, 1.82) is 10.5 Å². The molecule has 2 aromatic carbocycles. The first kappa shape index (κ1) is 17.8. The number of nitrogens with zero attached hydrogens (tertiary/aromatic N) is 2. The molecule has 0 saturated carbocycles. The number of carbonyl (C=O) groups excluding carboxylic acids is 1. The van der Waals surface area contributed by atoms with E-state index in [1.165, 1.54) is 6.08 Å². The first-order valence-corrected chi connectivity index (χ1v) is 7.72. The van der Waals surface area contributed by atoms with Crippen LogP contribution in [0, 0.1) is 22.7 Å². The van der Waals surface area contributed by atoms with E-state index in [1.807, 2.05) is 30.3 Å². The van der Waals surface area contributed by atoms with Gasteiger partial charge in [0, 0.05) is 6.42 Å². The number of carbonyl (C=O) groups is 1. The minimum Gasteiger partial charge on any atom is -0.494 e. The molecule has 0 heterocycles. The number of allylic oxidation sites excluding steroid dienone is 1. The lowest BCUT2D eigenvalue weighted by Gasteiger charge is -2.06. The predicted molar refractivity (Wildman–Crippen MR) is 92.5 cm³/mol. The van der Waals surface area contributed by atoms with Gasteiger partial charge in [0.05, 0.1) is 6.61 Å². The fraction of sp³-hybridized carbons (Fsp3) is 0.150. The van der Waals surface area contributed by atoms with Crippen molar-refractivity contribution in [1.82, 2.24) is 0 Å². The van der Waals surface area contributed by atoms with Gasteiger partial charge in [-0.15, -0.1) is 0 Å². The van der Waals surface area contributed by atoms with Gasteiger partial charge in [0.1, 0.15) is 29.2 Å². The average Bonchev–Trinajstić information content (AvgIpc) is 2.65. The van der Waals surface area contributed by atoms with Gasteiger partial charge in [0.25, 0.3) is 0 Å². The van der Waals surface area contributed by atoms with Crippen molar-refractivity contribution < 1.29 is 14.3 Å². The number of esters is 1. The second-order valence-electron chi connectivity index (χ2n) is 5.09. The van der Waals surface area contributed by atoms with Crippen molar-refractivity contribution in [2.45, 2.75) is 12.8 Å². The topological polar surface area (TPSA) is 83.1 Å². The molecule has 124 valence electrons. The van der Waals surface area contributed by atoms with Crippen LogP contribution >= 0.6 is 0 Å². The van der Waals surface area contributed by atoms with Crippen LogP contribution in [0.1, 0.15) is 18.4 Å². The zero-order valence-corrected chi connectivity index (χ0v) is 13.5. The van der Waals surface area contributed by atoms with Crippen LogP contribution in [0.4, 0.5) is 0 Å². The zero-order chi connectivity index (χ0) is 17.9. The SMILES string of the molecule is N#CC(C#N)=Cc1ccc(OC(=O)CCCOc2ccccc2)cc1. The first-order valence-electron chi connectivity index (χ1n) is 7.72. The fourth-order valence-corrected chi connectivity index (χ4v) is 1.99. The van der Waals surface area contributed by atoms with Gasteiger partial charge < -0.3 is 9.47 Å². The monoisotopic (exact) mass is 332 g/mol. The van der Waals surface area contributed by atoms with Gasteiger partial charge in [-0.3, -0.25) is 4.79 Å². The number of para-hydroxylation sites is 1. The van der Waals surface area contributed by atoms with Crippen molar-refractivity contribution in [2.75, 3.05) is 6.61 Å². The van der Waals surface area contributed by atoms with Gasteiger partial charge in [-0.05, 0) is 42.3 Å². The molecular formula is C20H16N2O3. The minimum atomic E-state index is -0.338. The number of ether oxygens (including phenoxy) is 2. The van der Waals surface area contributed by atoms with E-state index < -0.39 is 0 Å². The summed E-state index contributed by atoms with van der Waals surface area (Å²) in [6.45, 7) is 0.438. The van der Waals surface area contributed by atoms with Crippen molar-refractivity contribution in [3.63, 3.8) is 0 Å². The molecule has 5 nitrogen and oxygen atoms in total. The lowest BCUT2D eigenvalue weighted by Crippen LogP contribution is -2.09. The molecule has 2 rings (SSSR count). The Bertz CT molecular complexity index is 797.